The SMILES string of the molecule is C=C(CO)N1CC=C(c2ccc(-c3nc4cc(CC5COC6C(C)COC56)[nH]c4cc3C(F)(F)F)cc2)CC1. The summed E-state index contributed by atoms with van der Waals surface area (Å²) >= 11 is 0. The second-order valence-corrected chi connectivity index (χ2v) is 10.9. The molecule has 1 aromatic carbocycles. The lowest BCUT2D eigenvalue weighted by atomic mass is 9.94. The summed E-state index contributed by atoms with van der Waals surface area (Å²) in [6.07, 6.45) is -0.970. The molecule has 2 N–H and O–H groups in total. The zero-order chi connectivity index (χ0) is 27.3. The van der Waals surface area contributed by atoms with Gasteiger partial charge in [0.2, 0.25) is 0 Å². The molecule has 3 aliphatic heterocycles. The molecule has 206 valence electrons. The monoisotopic (exact) mass is 539 g/mol. The van der Waals surface area contributed by atoms with Crippen LogP contribution in [0.15, 0.2) is 54.8 Å². The highest BCUT2D eigenvalue weighted by Gasteiger charge is 2.45. The molecule has 3 aliphatic rings. The highest BCUT2D eigenvalue weighted by molar-refractivity contribution is 5.82. The van der Waals surface area contributed by atoms with E-state index in [2.05, 4.69) is 29.5 Å². The third-order valence-electron chi connectivity index (χ3n) is 8.22. The second kappa shape index (κ2) is 10.1. The third-order valence-corrected chi connectivity index (χ3v) is 8.22. The summed E-state index contributed by atoms with van der Waals surface area (Å²) < 4.78 is 54.3. The molecule has 3 aromatic rings. The number of nitrogens with zero attached hydrogens (tertiary/aromatic N) is 2. The van der Waals surface area contributed by atoms with Gasteiger partial charge >= 0.3 is 6.18 Å². The van der Waals surface area contributed by atoms with E-state index in [0.717, 1.165) is 29.8 Å². The Bertz CT molecular complexity index is 1410. The van der Waals surface area contributed by atoms with Crippen LogP contribution in [0.5, 0.6) is 0 Å². The average Bonchev–Trinajstić information content (AvgIpc) is 3.63. The number of aromatic amines is 1. The van der Waals surface area contributed by atoms with Gasteiger partial charge in [0.25, 0.3) is 0 Å². The van der Waals surface area contributed by atoms with E-state index in [1.807, 2.05) is 23.1 Å². The zero-order valence-corrected chi connectivity index (χ0v) is 21.8. The summed E-state index contributed by atoms with van der Waals surface area (Å²) in [6.45, 7) is 8.53. The Kier molecular flexibility index (Phi) is 6.77. The number of hydrogen-bond acceptors (Lipinski definition) is 5. The number of aliphatic hydroxyl groups is 1. The van der Waals surface area contributed by atoms with E-state index in [1.165, 1.54) is 6.07 Å². The van der Waals surface area contributed by atoms with Crippen molar-refractivity contribution in [1.29, 1.82) is 0 Å². The maximum absolute atomic E-state index is 14.2. The van der Waals surface area contributed by atoms with Crippen molar-refractivity contribution < 1.29 is 27.8 Å². The lowest BCUT2D eigenvalue weighted by Gasteiger charge is -2.29. The highest BCUT2D eigenvalue weighted by atomic mass is 19.4. The molecule has 0 saturated carbocycles. The van der Waals surface area contributed by atoms with E-state index in [0.29, 0.717) is 54.4 Å². The first-order valence-electron chi connectivity index (χ1n) is 13.4. The lowest BCUT2D eigenvalue weighted by molar-refractivity contribution is -0.137. The number of hydrogen-bond donors (Lipinski definition) is 2. The van der Waals surface area contributed by atoms with Crippen LogP contribution in [-0.4, -0.2) is 65.1 Å². The largest absolute Gasteiger partial charge is 0.418 e. The van der Waals surface area contributed by atoms with Crippen LogP contribution in [0.4, 0.5) is 13.2 Å². The van der Waals surface area contributed by atoms with E-state index < -0.39 is 11.7 Å². The Morgan fingerprint density at radius 1 is 1.13 bits per heavy atom. The third kappa shape index (κ3) is 4.99. The van der Waals surface area contributed by atoms with Gasteiger partial charge in [0.15, 0.2) is 0 Å². The van der Waals surface area contributed by atoms with Crippen LogP contribution in [0.25, 0.3) is 27.9 Å². The number of pyridine rings is 1. The minimum atomic E-state index is -4.55. The topological polar surface area (TPSA) is 70.6 Å². The number of aliphatic hydroxyl groups excluding tert-OH is 1. The number of alkyl halides is 3. The summed E-state index contributed by atoms with van der Waals surface area (Å²) in [5, 5.41) is 9.30. The summed E-state index contributed by atoms with van der Waals surface area (Å²) in [4.78, 5) is 9.67. The molecule has 2 aromatic heterocycles. The number of H-pyrrole nitrogens is 1. The van der Waals surface area contributed by atoms with Gasteiger partial charge in [-0.1, -0.05) is 43.8 Å². The van der Waals surface area contributed by atoms with E-state index in [4.69, 9.17) is 9.47 Å². The number of halogens is 3. The van der Waals surface area contributed by atoms with Crippen LogP contribution < -0.4 is 0 Å². The maximum Gasteiger partial charge on any atom is 0.418 e. The Morgan fingerprint density at radius 3 is 2.56 bits per heavy atom. The van der Waals surface area contributed by atoms with E-state index in [-0.39, 0.29) is 30.4 Å². The number of benzene rings is 1. The van der Waals surface area contributed by atoms with Gasteiger partial charge in [0.05, 0.1) is 54.3 Å². The molecular formula is C30H32F3N3O3. The lowest BCUT2D eigenvalue weighted by Crippen LogP contribution is -2.28. The molecule has 0 amide bonds. The van der Waals surface area contributed by atoms with Crippen LogP contribution in [0.3, 0.4) is 0 Å². The molecule has 39 heavy (non-hydrogen) atoms. The van der Waals surface area contributed by atoms with Gasteiger partial charge in [-0.2, -0.15) is 13.2 Å². The normalized spacial score (nSPS) is 25.3. The predicted molar refractivity (Wildman–Crippen MR) is 143 cm³/mol. The molecular weight excluding hydrogens is 507 g/mol. The fourth-order valence-corrected chi connectivity index (χ4v) is 6.05. The molecule has 4 unspecified atom stereocenters. The second-order valence-electron chi connectivity index (χ2n) is 10.9. The minimum Gasteiger partial charge on any atom is -0.390 e. The first-order chi connectivity index (χ1) is 18.7. The number of aromatic nitrogens is 2. The number of rotatable bonds is 6. The van der Waals surface area contributed by atoms with Gasteiger partial charge in [-0.15, -0.1) is 0 Å². The molecule has 6 rings (SSSR count). The van der Waals surface area contributed by atoms with Gasteiger partial charge in [-0.3, -0.25) is 0 Å². The highest BCUT2D eigenvalue weighted by Crippen LogP contribution is 2.40. The van der Waals surface area contributed by atoms with Gasteiger partial charge in [0, 0.05) is 41.9 Å². The minimum absolute atomic E-state index is 0.0232. The van der Waals surface area contributed by atoms with Crippen molar-refractivity contribution in [2.45, 2.75) is 38.1 Å². The molecule has 0 radical (unpaired) electrons. The summed E-state index contributed by atoms with van der Waals surface area (Å²) in [7, 11) is 0. The Morgan fingerprint density at radius 2 is 1.87 bits per heavy atom. The van der Waals surface area contributed by atoms with Gasteiger partial charge in [0.1, 0.15) is 0 Å². The summed E-state index contributed by atoms with van der Waals surface area (Å²) in [5.41, 5.74) is 4.06. The Hall–Kier alpha value is -3.14. The van der Waals surface area contributed by atoms with Crippen LogP contribution in [0.2, 0.25) is 0 Å². The smallest absolute Gasteiger partial charge is 0.390 e. The summed E-state index contributed by atoms with van der Waals surface area (Å²) in [5.74, 6) is 0.507. The zero-order valence-electron chi connectivity index (χ0n) is 21.8. The summed E-state index contributed by atoms with van der Waals surface area (Å²) in [6, 6.07) is 10.1. The van der Waals surface area contributed by atoms with Crippen LogP contribution in [-0.2, 0) is 22.1 Å². The number of fused-ring (bicyclic) bond motifs is 2. The van der Waals surface area contributed by atoms with Crippen molar-refractivity contribution in [3.05, 3.63) is 71.6 Å². The Labute approximate surface area is 225 Å². The first kappa shape index (κ1) is 26.1. The average molecular weight is 540 g/mol. The van der Waals surface area contributed by atoms with Crippen molar-refractivity contribution in [2.75, 3.05) is 32.9 Å². The fraction of sp³-hybridized carbons (Fsp3) is 0.433. The number of ether oxygens (including phenoxy) is 2. The first-order valence-corrected chi connectivity index (χ1v) is 13.4. The molecule has 2 fully saturated rings. The van der Waals surface area contributed by atoms with Crippen LogP contribution >= 0.6 is 0 Å². The Balaban J connectivity index is 1.26. The van der Waals surface area contributed by atoms with E-state index >= 15 is 0 Å². The molecule has 0 aliphatic carbocycles. The van der Waals surface area contributed by atoms with Crippen LogP contribution in [0, 0.1) is 11.8 Å². The molecule has 0 bridgehead atoms. The number of nitrogens with one attached hydrogen (secondary N) is 1. The predicted octanol–water partition coefficient (Wildman–Crippen LogP) is 5.44. The standard InChI is InChI=1S/C30H32F3N3O3/c1-17-15-38-29-22(16-39-28(17)29)11-23-12-25-26(34-23)13-24(30(31,32)33)27(35-25)21-5-3-19(4-6-21)20-7-9-36(10-8-20)18(2)14-37/h3-7,12-13,17,22,28-29,34,37H,2,8-11,14-16H2,1H3. The van der Waals surface area contributed by atoms with Crippen molar-refractivity contribution in [3.63, 3.8) is 0 Å². The quantitative estimate of drug-likeness (QED) is 0.437. The van der Waals surface area contributed by atoms with E-state index in [9.17, 15) is 18.3 Å². The van der Waals surface area contributed by atoms with E-state index in [1.54, 1.807) is 12.1 Å². The maximum atomic E-state index is 14.2. The van der Waals surface area contributed by atoms with Crippen molar-refractivity contribution in [1.82, 2.24) is 14.9 Å². The molecule has 2 saturated heterocycles. The molecule has 9 heteroatoms. The van der Waals surface area contributed by atoms with Crippen molar-refractivity contribution in [3.8, 4) is 11.3 Å². The van der Waals surface area contributed by atoms with Crippen molar-refractivity contribution in [2.24, 2.45) is 11.8 Å². The van der Waals surface area contributed by atoms with Gasteiger partial charge < -0.3 is 24.5 Å². The molecule has 0 spiro atoms. The van der Waals surface area contributed by atoms with Crippen molar-refractivity contribution >= 4 is 16.6 Å². The molecule has 6 nitrogen and oxygen atoms in total. The van der Waals surface area contributed by atoms with Gasteiger partial charge in [-0.25, -0.2) is 4.98 Å². The molecule has 4 atom stereocenters. The fourth-order valence-electron chi connectivity index (χ4n) is 6.05. The molecule has 5 heterocycles. The van der Waals surface area contributed by atoms with Crippen LogP contribution in [0.1, 0.15) is 30.2 Å². The van der Waals surface area contributed by atoms with Gasteiger partial charge in [-0.05, 0) is 36.1 Å².